The Bertz CT molecular complexity index is 946. The second-order valence-corrected chi connectivity index (χ2v) is 8.42. The van der Waals surface area contributed by atoms with Crippen molar-refractivity contribution in [1.82, 2.24) is 4.98 Å². The Kier molecular flexibility index (Phi) is 5.50. The molecular formula is C18H21N3O5S. The number of methoxy groups -OCH3 is 2. The van der Waals surface area contributed by atoms with Crippen molar-refractivity contribution in [3.63, 3.8) is 0 Å². The van der Waals surface area contributed by atoms with Gasteiger partial charge >= 0.3 is 0 Å². The van der Waals surface area contributed by atoms with E-state index in [1.54, 1.807) is 37.4 Å². The van der Waals surface area contributed by atoms with Crippen molar-refractivity contribution in [3.05, 3.63) is 42.2 Å². The van der Waals surface area contributed by atoms with E-state index in [4.69, 9.17) is 9.47 Å². The van der Waals surface area contributed by atoms with Gasteiger partial charge in [-0.15, -0.1) is 0 Å². The van der Waals surface area contributed by atoms with Crippen molar-refractivity contribution >= 4 is 27.1 Å². The fraction of sp³-hybridized carbons (Fsp3) is 0.333. The minimum Gasteiger partial charge on any atom is -0.497 e. The molecule has 1 aliphatic heterocycles. The molecule has 1 fully saturated rings. The van der Waals surface area contributed by atoms with Crippen LogP contribution in [0.2, 0.25) is 0 Å². The Balaban J connectivity index is 1.72. The van der Waals surface area contributed by atoms with Gasteiger partial charge in [-0.2, -0.15) is 0 Å². The van der Waals surface area contributed by atoms with Crippen LogP contribution in [0.25, 0.3) is 0 Å². The van der Waals surface area contributed by atoms with Crippen molar-refractivity contribution in [2.45, 2.75) is 12.5 Å². The van der Waals surface area contributed by atoms with E-state index in [0.29, 0.717) is 29.3 Å². The van der Waals surface area contributed by atoms with Crippen LogP contribution in [0.3, 0.4) is 0 Å². The van der Waals surface area contributed by atoms with Crippen molar-refractivity contribution in [1.29, 1.82) is 0 Å². The summed E-state index contributed by atoms with van der Waals surface area (Å²) in [6.45, 7) is 0. The summed E-state index contributed by atoms with van der Waals surface area (Å²) in [6.07, 6.45) is 2.06. The summed E-state index contributed by atoms with van der Waals surface area (Å²) < 4.78 is 33.6. The van der Waals surface area contributed by atoms with E-state index in [2.05, 4.69) is 15.6 Å². The first-order valence-electron chi connectivity index (χ1n) is 8.36. The van der Waals surface area contributed by atoms with Gasteiger partial charge in [0, 0.05) is 24.0 Å². The van der Waals surface area contributed by atoms with E-state index in [9.17, 15) is 13.2 Å². The molecule has 1 atom stereocenters. The second-order valence-electron chi connectivity index (χ2n) is 6.19. The number of nitrogens with one attached hydrogen (secondary N) is 2. The monoisotopic (exact) mass is 391 g/mol. The zero-order valence-electron chi connectivity index (χ0n) is 15.1. The Morgan fingerprint density at radius 3 is 2.67 bits per heavy atom. The molecule has 0 bridgehead atoms. The molecule has 0 spiro atoms. The zero-order valence-corrected chi connectivity index (χ0v) is 15.9. The SMILES string of the molecule is COc1ccc(NC(=O)c2cc(NC3CCS(=O)(=O)C3)ccn2)c(OC)c1. The topological polar surface area (TPSA) is 107 Å². The normalized spacial score (nSPS) is 17.9. The molecule has 144 valence electrons. The molecule has 27 heavy (non-hydrogen) atoms. The molecule has 1 aromatic heterocycles. The van der Waals surface area contributed by atoms with Crippen LogP contribution in [-0.2, 0) is 9.84 Å². The Hall–Kier alpha value is -2.81. The Labute approximate surface area is 157 Å². The van der Waals surface area contributed by atoms with Gasteiger partial charge in [0.15, 0.2) is 9.84 Å². The number of pyridine rings is 1. The smallest absolute Gasteiger partial charge is 0.274 e. The molecule has 1 saturated heterocycles. The lowest BCUT2D eigenvalue weighted by atomic mass is 10.2. The van der Waals surface area contributed by atoms with Crippen LogP contribution in [-0.4, -0.2) is 51.1 Å². The summed E-state index contributed by atoms with van der Waals surface area (Å²) in [5, 5.41) is 5.91. The number of aromatic nitrogens is 1. The Morgan fingerprint density at radius 1 is 1.19 bits per heavy atom. The van der Waals surface area contributed by atoms with E-state index in [0.717, 1.165) is 0 Å². The van der Waals surface area contributed by atoms with Crippen LogP contribution in [0.4, 0.5) is 11.4 Å². The maximum Gasteiger partial charge on any atom is 0.274 e. The number of carbonyl (C=O) groups excluding carboxylic acids is 1. The third kappa shape index (κ3) is 4.68. The predicted molar refractivity (Wildman–Crippen MR) is 102 cm³/mol. The first-order chi connectivity index (χ1) is 12.9. The molecule has 2 heterocycles. The number of nitrogens with zero attached hydrogens (tertiary/aromatic N) is 1. The molecule has 1 aromatic carbocycles. The van der Waals surface area contributed by atoms with Crippen LogP contribution >= 0.6 is 0 Å². The summed E-state index contributed by atoms with van der Waals surface area (Å²) >= 11 is 0. The van der Waals surface area contributed by atoms with E-state index in [-0.39, 0.29) is 23.2 Å². The number of anilines is 2. The standard InChI is InChI=1S/C18H21N3O5S/c1-25-14-3-4-15(17(10-14)26-2)21-18(22)16-9-12(5-7-19-16)20-13-6-8-27(23,24)11-13/h3-5,7,9-10,13H,6,8,11H2,1-2H3,(H,19,20)(H,21,22). The second kappa shape index (κ2) is 7.83. The largest absolute Gasteiger partial charge is 0.497 e. The number of ether oxygens (including phenoxy) is 2. The van der Waals surface area contributed by atoms with Gasteiger partial charge in [-0.3, -0.25) is 9.78 Å². The van der Waals surface area contributed by atoms with Gasteiger partial charge < -0.3 is 20.1 Å². The van der Waals surface area contributed by atoms with Crippen LogP contribution in [0.1, 0.15) is 16.9 Å². The molecule has 0 aliphatic carbocycles. The fourth-order valence-electron chi connectivity index (χ4n) is 2.88. The third-order valence-corrected chi connectivity index (χ3v) is 6.02. The molecule has 8 nitrogen and oxygen atoms in total. The van der Waals surface area contributed by atoms with Gasteiger partial charge in [-0.25, -0.2) is 8.42 Å². The molecule has 2 aromatic rings. The van der Waals surface area contributed by atoms with Gasteiger partial charge in [0.2, 0.25) is 0 Å². The number of hydrogen-bond acceptors (Lipinski definition) is 7. The minimum absolute atomic E-state index is 0.0971. The first kappa shape index (κ1) is 19.0. The number of sulfone groups is 1. The van der Waals surface area contributed by atoms with Crippen LogP contribution < -0.4 is 20.1 Å². The van der Waals surface area contributed by atoms with Crippen molar-refractivity contribution in [2.75, 3.05) is 36.4 Å². The Morgan fingerprint density at radius 2 is 2.00 bits per heavy atom. The zero-order chi connectivity index (χ0) is 19.4. The summed E-state index contributed by atoms with van der Waals surface area (Å²) in [5.41, 5.74) is 1.35. The van der Waals surface area contributed by atoms with Crippen LogP contribution in [0.5, 0.6) is 11.5 Å². The van der Waals surface area contributed by atoms with Crippen molar-refractivity contribution < 1.29 is 22.7 Å². The van der Waals surface area contributed by atoms with E-state index >= 15 is 0 Å². The number of amides is 1. The number of carbonyl (C=O) groups is 1. The summed E-state index contributed by atoms with van der Waals surface area (Å²) in [5.74, 6) is 0.954. The molecule has 1 unspecified atom stereocenters. The van der Waals surface area contributed by atoms with Gasteiger partial charge in [0.25, 0.3) is 5.91 Å². The lowest BCUT2D eigenvalue weighted by molar-refractivity contribution is 0.102. The minimum atomic E-state index is -2.98. The van der Waals surface area contributed by atoms with Crippen molar-refractivity contribution in [2.24, 2.45) is 0 Å². The average Bonchev–Trinajstić information content (AvgIpc) is 3.00. The first-order valence-corrected chi connectivity index (χ1v) is 10.2. The van der Waals surface area contributed by atoms with Gasteiger partial charge in [0.1, 0.15) is 17.2 Å². The maximum absolute atomic E-state index is 12.5. The fourth-order valence-corrected chi connectivity index (χ4v) is 4.55. The molecular weight excluding hydrogens is 370 g/mol. The molecule has 1 aliphatic rings. The highest BCUT2D eigenvalue weighted by atomic mass is 32.2. The highest BCUT2D eigenvalue weighted by Gasteiger charge is 2.27. The summed E-state index contributed by atoms with van der Waals surface area (Å²) in [6, 6.07) is 8.20. The van der Waals surface area contributed by atoms with Crippen LogP contribution in [0, 0.1) is 0 Å². The molecule has 2 N–H and O–H groups in total. The van der Waals surface area contributed by atoms with Gasteiger partial charge in [-0.05, 0) is 30.7 Å². The average molecular weight is 391 g/mol. The van der Waals surface area contributed by atoms with Crippen LogP contribution in [0.15, 0.2) is 36.5 Å². The molecule has 0 radical (unpaired) electrons. The van der Waals surface area contributed by atoms with E-state index in [1.807, 2.05) is 0 Å². The number of rotatable bonds is 6. The maximum atomic E-state index is 12.5. The highest BCUT2D eigenvalue weighted by molar-refractivity contribution is 7.91. The van der Waals surface area contributed by atoms with Gasteiger partial charge in [0.05, 0.1) is 31.4 Å². The quantitative estimate of drug-likeness (QED) is 0.775. The molecule has 3 rings (SSSR count). The van der Waals surface area contributed by atoms with E-state index in [1.165, 1.54) is 13.3 Å². The van der Waals surface area contributed by atoms with Gasteiger partial charge in [-0.1, -0.05) is 0 Å². The number of benzene rings is 1. The summed E-state index contributed by atoms with van der Waals surface area (Å²) in [4.78, 5) is 16.6. The molecule has 9 heteroatoms. The third-order valence-electron chi connectivity index (χ3n) is 4.25. The highest BCUT2D eigenvalue weighted by Crippen LogP contribution is 2.29. The lowest BCUT2D eigenvalue weighted by Gasteiger charge is -2.14. The summed E-state index contributed by atoms with van der Waals surface area (Å²) in [7, 11) is 0.0718. The van der Waals surface area contributed by atoms with E-state index < -0.39 is 15.7 Å². The van der Waals surface area contributed by atoms with Crippen molar-refractivity contribution in [3.8, 4) is 11.5 Å². The molecule has 1 amide bonds. The molecule has 0 saturated carbocycles. The predicted octanol–water partition coefficient (Wildman–Crippen LogP) is 1.95. The number of hydrogen-bond donors (Lipinski definition) is 2. The lowest BCUT2D eigenvalue weighted by Crippen LogP contribution is -2.21.